The van der Waals surface area contributed by atoms with Gasteiger partial charge in [0.1, 0.15) is 5.75 Å². The fraction of sp³-hybridized carbons (Fsp3) is 0.250. The second kappa shape index (κ2) is 5.95. The molecule has 0 unspecified atom stereocenters. The summed E-state index contributed by atoms with van der Waals surface area (Å²) in [7, 11) is 0. The average Bonchev–Trinajstić information content (AvgIpc) is 3.12. The summed E-state index contributed by atoms with van der Waals surface area (Å²) in [6.07, 6.45) is 3.15. The van der Waals surface area contributed by atoms with Crippen molar-refractivity contribution in [3.05, 3.63) is 53.7 Å². The van der Waals surface area contributed by atoms with Crippen LogP contribution >= 0.6 is 11.3 Å². The first-order valence-electron chi connectivity index (χ1n) is 8.28. The van der Waals surface area contributed by atoms with Crippen molar-refractivity contribution >= 4 is 26.5 Å². The largest absolute Gasteiger partial charge is 0.494 e. The van der Waals surface area contributed by atoms with Crippen LogP contribution in [0.3, 0.4) is 0 Å². The fourth-order valence-electron chi connectivity index (χ4n) is 2.83. The Morgan fingerprint density at radius 1 is 1.08 bits per heavy atom. The van der Waals surface area contributed by atoms with Gasteiger partial charge >= 0.3 is 0 Å². The molecule has 0 fully saturated rings. The van der Waals surface area contributed by atoms with Crippen LogP contribution in [0.15, 0.2) is 42.6 Å². The lowest BCUT2D eigenvalue weighted by Crippen LogP contribution is -1.94. The lowest BCUT2D eigenvalue weighted by molar-refractivity contribution is 0.318. The molecule has 0 radical (unpaired) electrons. The Kier molecular flexibility index (Phi) is 3.77. The number of imidazole rings is 1. The molecule has 0 aliphatic rings. The highest BCUT2D eigenvalue weighted by atomic mass is 32.1. The molecule has 0 bridgehead atoms. The van der Waals surface area contributed by atoms with E-state index in [4.69, 9.17) is 9.72 Å². The van der Waals surface area contributed by atoms with Crippen LogP contribution in [0.2, 0.25) is 0 Å². The fourth-order valence-corrected chi connectivity index (χ4v) is 3.87. The van der Waals surface area contributed by atoms with Gasteiger partial charge in [0.15, 0.2) is 4.96 Å². The molecule has 0 aliphatic heterocycles. The summed E-state index contributed by atoms with van der Waals surface area (Å²) in [4.78, 5) is 5.84. The van der Waals surface area contributed by atoms with E-state index in [0.29, 0.717) is 0 Å². The smallest absolute Gasteiger partial charge is 0.195 e. The third kappa shape index (κ3) is 2.57. The molecule has 4 rings (SSSR count). The molecule has 3 nitrogen and oxygen atoms in total. The van der Waals surface area contributed by atoms with Gasteiger partial charge in [0, 0.05) is 11.8 Å². The third-order valence-electron chi connectivity index (χ3n) is 4.34. The standard InChI is InChI=1S/C20H20N2OS/c1-4-9-23-16-7-8-18-19(11-16)24-20-21-17(12-22(18)20)15-6-5-13(2)14(3)10-15/h5-8,10-12H,4,9H2,1-3H3. The van der Waals surface area contributed by atoms with Gasteiger partial charge in [-0.1, -0.05) is 30.4 Å². The molecule has 0 atom stereocenters. The highest BCUT2D eigenvalue weighted by molar-refractivity contribution is 7.23. The van der Waals surface area contributed by atoms with Gasteiger partial charge in [-0.05, 0) is 55.7 Å². The molecule has 0 N–H and O–H groups in total. The van der Waals surface area contributed by atoms with Crippen LogP contribution in [-0.2, 0) is 0 Å². The van der Waals surface area contributed by atoms with Gasteiger partial charge in [0.2, 0.25) is 0 Å². The summed E-state index contributed by atoms with van der Waals surface area (Å²) in [5, 5.41) is 0. The predicted molar refractivity (Wildman–Crippen MR) is 101 cm³/mol. The Hall–Kier alpha value is -2.33. The molecule has 2 aromatic carbocycles. The zero-order valence-corrected chi connectivity index (χ0v) is 15.0. The topological polar surface area (TPSA) is 26.5 Å². The van der Waals surface area contributed by atoms with Crippen molar-refractivity contribution in [2.24, 2.45) is 0 Å². The van der Waals surface area contributed by atoms with Crippen LogP contribution in [0.5, 0.6) is 5.75 Å². The van der Waals surface area contributed by atoms with E-state index in [1.807, 2.05) is 6.07 Å². The van der Waals surface area contributed by atoms with E-state index >= 15 is 0 Å². The van der Waals surface area contributed by atoms with E-state index in [-0.39, 0.29) is 0 Å². The van der Waals surface area contributed by atoms with Crippen LogP contribution in [0, 0.1) is 13.8 Å². The summed E-state index contributed by atoms with van der Waals surface area (Å²) in [5.41, 5.74) is 5.99. The highest BCUT2D eigenvalue weighted by Gasteiger charge is 2.11. The molecule has 2 heterocycles. The maximum Gasteiger partial charge on any atom is 0.195 e. The minimum absolute atomic E-state index is 0.755. The lowest BCUT2D eigenvalue weighted by Gasteiger charge is -2.04. The van der Waals surface area contributed by atoms with Crippen molar-refractivity contribution in [2.75, 3.05) is 6.61 Å². The number of benzene rings is 2. The number of nitrogens with zero attached hydrogens (tertiary/aromatic N) is 2. The molecule has 0 aliphatic carbocycles. The first kappa shape index (κ1) is 15.2. The molecule has 0 saturated carbocycles. The second-order valence-electron chi connectivity index (χ2n) is 6.16. The first-order valence-corrected chi connectivity index (χ1v) is 9.09. The first-order chi connectivity index (χ1) is 11.7. The minimum Gasteiger partial charge on any atom is -0.494 e. The molecule has 24 heavy (non-hydrogen) atoms. The normalized spacial score (nSPS) is 11.5. The Morgan fingerprint density at radius 2 is 1.96 bits per heavy atom. The SMILES string of the molecule is CCCOc1ccc2c(c1)sc1nc(-c3ccc(C)c(C)c3)cn12. The van der Waals surface area contributed by atoms with Crippen molar-refractivity contribution in [2.45, 2.75) is 27.2 Å². The zero-order valence-electron chi connectivity index (χ0n) is 14.2. The molecular formula is C20H20N2OS. The Labute approximate surface area is 145 Å². The summed E-state index contributed by atoms with van der Waals surface area (Å²) < 4.78 is 9.11. The minimum atomic E-state index is 0.755. The van der Waals surface area contributed by atoms with E-state index in [1.165, 1.54) is 26.9 Å². The summed E-state index contributed by atoms with van der Waals surface area (Å²) in [6.45, 7) is 7.15. The van der Waals surface area contributed by atoms with E-state index in [2.05, 4.69) is 61.7 Å². The van der Waals surface area contributed by atoms with E-state index in [9.17, 15) is 0 Å². The number of hydrogen-bond donors (Lipinski definition) is 0. The zero-order chi connectivity index (χ0) is 16.7. The Balaban J connectivity index is 1.77. The van der Waals surface area contributed by atoms with Gasteiger partial charge in [0.05, 0.1) is 22.5 Å². The van der Waals surface area contributed by atoms with E-state index in [1.54, 1.807) is 11.3 Å². The predicted octanol–water partition coefficient (Wildman–Crippen LogP) is 5.62. The summed E-state index contributed by atoms with van der Waals surface area (Å²) in [5.74, 6) is 0.934. The van der Waals surface area contributed by atoms with Gasteiger partial charge in [0.25, 0.3) is 0 Å². The number of aryl methyl sites for hydroxylation is 2. The van der Waals surface area contributed by atoms with Crippen LogP contribution < -0.4 is 4.74 Å². The molecule has 0 saturated heterocycles. The van der Waals surface area contributed by atoms with Crippen molar-refractivity contribution in [1.82, 2.24) is 9.38 Å². The molecule has 0 amide bonds. The van der Waals surface area contributed by atoms with Crippen LogP contribution in [0.25, 0.3) is 26.4 Å². The Morgan fingerprint density at radius 3 is 2.75 bits per heavy atom. The molecule has 2 aromatic heterocycles. The highest BCUT2D eigenvalue weighted by Crippen LogP contribution is 2.32. The van der Waals surface area contributed by atoms with Crippen LogP contribution in [-0.4, -0.2) is 16.0 Å². The Bertz CT molecular complexity index is 1030. The monoisotopic (exact) mass is 336 g/mol. The number of rotatable bonds is 4. The van der Waals surface area contributed by atoms with Gasteiger partial charge < -0.3 is 4.74 Å². The van der Waals surface area contributed by atoms with Crippen molar-refractivity contribution in [3.63, 3.8) is 0 Å². The summed E-state index contributed by atoms with van der Waals surface area (Å²) >= 11 is 1.70. The van der Waals surface area contributed by atoms with Crippen molar-refractivity contribution in [1.29, 1.82) is 0 Å². The number of hydrogen-bond acceptors (Lipinski definition) is 3. The van der Waals surface area contributed by atoms with Gasteiger partial charge in [-0.15, -0.1) is 0 Å². The molecule has 122 valence electrons. The van der Waals surface area contributed by atoms with Crippen LogP contribution in [0.4, 0.5) is 0 Å². The number of aromatic nitrogens is 2. The van der Waals surface area contributed by atoms with E-state index in [0.717, 1.165) is 29.4 Å². The van der Waals surface area contributed by atoms with E-state index < -0.39 is 0 Å². The van der Waals surface area contributed by atoms with Gasteiger partial charge in [-0.2, -0.15) is 0 Å². The molecular weight excluding hydrogens is 316 g/mol. The average molecular weight is 336 g/mol. The summed E-state index contributed by atoms with van der Waals surface area (Å²) in [6, 6.07) is 12.8. The third-order valence-corrected chi connectivity index (χ3v) is 5.36. The van der Waals surface area contributed by atoms with Crippen molar-refractivity contribution in [3.8, 4) is 17.0 Å². The molecule has 0 spiro atoms. The molecule has 4 aromatic rings. The maximum absolute atomic E-state index is 5.73. The van der Waals surface area contributed by atoms with Crippen LogP contribution in [0.1, 0.15) is 24.5 Å². The second-order valence-corrected chi connectivity index (χ2v) is 7.17. The quantitative estimate of drug-likeness (QED) is 0.483. The number of ether oxygens (including phenoxy) is 1. The lowest BCUT2D eigenvalue weighted by atomic mass is 10.1. The van der Waals surface area contributed by atoms with Gasteiger partial charge in [-0.3, -0.25) is 4.40 Å². The van der Waals surface area contributed by atoms with Gasteiger partial charge in [-0.25, -0.2) is 4.98 Å². The molecule has 4 heteroatoms. The number of thiazole rings is 1. The maximum atomic E-state index is 5.73. The van der Waals surface area contributed by atoms with Crippen molar-refractivity contribution < 1.29 is 4.74 Å². The number of fused-ring (bicyclic) bond motifs is 3.